The fourth-order valence-corrected chi connectivity index (χ4v) is 8.61. The van der Waals surface area contributed by atoms with Gasteiger partial charge in [0.25, 0.3) is 0 Å². The molecule has 258 valence electrons. The third-order valence-electron chi connectivity index (χ3n) is 9.04. The van der Waals surface area contributed by atoms with Crippen LogP contribution in [-0.4, -0.2) is 74.6 Å². The monoisotopic (exact) mass is 686 g/mol. The largest absolute Gasteiger partial charge is 0.444 e. The first kappa shape index (κ1) is 32.9. The van der Waals surface area contributed by atoms with Crippen molar-refractivity contribution in [3.8, 4) is 33.6 Å². The lowest BCUT2D eigenvalue weighted by atomic mass is 10.0. The number of aromatic nitrogens is 4. The molecule has 3 aliphatic rings. The Hall–Kier alpha value is -4.65. The number of ether oxygens (including phenoxy) is 2. The molecule has 2 aromatic heterocycles. The Bertz CT molecular complexity index is 1910. The van der Waals surface area contributed by atoms with Crippen LogP contribution in [0.15, 0.2) is 58.6 Å². The quantitative estimate of drug-likeness (QED) is 0.198. The van der Waals surface area contributed by atoms with E-state index in [-0.39, 0.29) is 34.1 Å². The number of sulfone groups is 1. The molecule has 0 saturated carbocycles. The van der Waals surface area contributed by atoms with E-state index in [4.69, 9.17) is 9.47 Å². The van der Waals surface area contributed by atoms with Gasteiger partial charge in [-0.25, -0.2) is 28.0 Å². The lowest BCUT2D eigenvalue weighted by Gasteiger charge is -2.27. The van der Waals surface area contributed by atoms with Gasteiger partial charge in [0.2, 0.25) is 9.84 Å². The van der Waals surface area contributed by atoms with Gasteiger partial charge in [-0.15, -0.1) is 0 Å². The fraction of sp³-hybridized carbons (Fsp3) is 0.444. The minimum absolute atomic E-state index is 0.230. The van der Waals surface area contributed by atoms with Crippen LogP contribution in [0.4, 0.5) is 9.59 Å². The average Bonchev–Trinajstić information content (AvgIpc) is 3.85. The predicted octanol–water partition coefficient (Wildman–Crippen LogP) is 7.42. The number of imidazole rings is 2. The molecule has 2 fully saturated rings. The molecule has 49 heavy (non-hydrogen) atoms. The second-order valence-electron chi connectivity index (χ2n) is 15.0. The lowest BCUT2D eigenvalue weighted by molar-refractivity contribution is 0.0208. The van der Waals surface area contributed by atoms with E-state index in [9.17, 15) is 18.0 Å². The summed E-state index contributed by atoms with van der Waals surface area (Å²) < 4.78 is 39.2. The maximum Gasteiger partial charge on any atom is 0.410 e. The average molecular weight is 687 g/mol. The second-order valence-corrected chi connectivity index (χ2v) is 16.8. The van der Waals surface area contributed by atoms with E-state index in [0.717, 1.165) is 25.7 Å². The molecular formula is C36H42N6O6S. The predicted molar refractivity (Wildman–Crippen MR) is 182 cm³/mol. The first-order valence-electron chi connectivity index (χ1n) is 16.7. The zero-order valence-electron chi connectivity index (χ0n) is 28.7. The van der Waals surface area contributed by atoms with Crippen LogP contribution in [0.1, 0.15) is 91.0 Å². The highest BCUT2D eigenvalue weighted by molar-refractivity contribution is 7.92. The molecule has 2 saturated heterocycles. The van der Waals surface area contributed by atoms with Crippen molar-refractivity contribution in [2.75, 3.05) is 13.1 Å². The van der Waals surface area contributed by atoms with Crippen LogP contribution in [0, 0.1) is 0 Å². The third kappa shape index (κ3) is 6.20. The van der Waals surface area contributed by atoms with Crippen LogP contribution in [0.5, 0.6) is 0 Å². The van der Waals surface area contributed by atoms with Crippen LogP contribution in [0.2, 0.25) is 0 Å². The SMILES string of the molecule is CC(C)(C)OC(=O)N1CCC[C@@H]1c1ncc(-c2ccc3c(c2)S(=O)(=O)c2cc(-c4cnc([C@@H]5CCCN5C(=O)OC(C)(C)C)[nH]4)ccc2-3)[nH]1. The second kappa shape index (κ2) is 11.7. The smallest absolute Gasteiger partial charge is 0.410 e. The number of nitrogens with one attached hydrogen (secondary N) is 2. The number of aromatic amines is 2. The van der Waals surface area contributed by atoms with Crippen molar-refractivity contribution in [2.45, 2.75) is 100 Å². The highest BCUT2D eigenvalue weighted by atomic mass is 32.2. The Morgan fingerprint density at radius 2 is 1.12 bits per heavy atom. The number of benzene rings is 2. The lowest BCUT2D eigenvalue weighted by Crippen LogP contribution is -2.36. The fourth-order valence-electron chi connectivity index (χ4n) is 6.87. The summed E-state index contributed by atoms with van der Waals surface area (Å²) in [7, 11) is -3.83. The molecule has 0 unspecified atom stereocenters. The van der Waals surface area contributed by atoms with Crippen molar-refractivity contribution < 1.29 is 27.5 Å². The van der Waals surface area contributed by atoms with Crippen LogP contribution >= 0.6 is 0 Å². The summed E-state index contributed by atoms with van der Waals surface area (Å²) in [4.78, 5) is 45.4. The molecule has 3 aliphatic heterocycles. The Balaban J connectivity index is 1.12. The number of carbonyl (C=O) groups is 2. The first-order chi connectivity index (χ1) is 23.1. The van der Waals surface area contributed by atoms with Gasteiger partial charge in [0, 0.05) is 35.3 Å². The summed E-state index contributed by atoms with van der Waals surface area (Å²) in [5.41, 5.74) is 2.77. The van der Waals surface area contributed by atoms with Crippen LogP contribution in [0.3, 0.4) is 0 Å². The van der Waals surface area contributed by atoms with Gasteiger partial charge in [0.1, 0.15) is 22.9 Å². The van der Waals surface area contributed by atoms with Gasteiger partial charge in [-0.1, -0.05) is 24.3 Å². The molecule has 0 bridgehead atoms. The summed E-state index contributed by atoms with van der Waals surface area (Å²) >= 11 is 0. The van der Waals surface area contributed by atoms with Gasteiger partial charge < -0.3 is 19.4 Å². The van der Waals surface area contributed by atoms with E-state index in [1.165, 1.54) is 0 Å². The van der Waals surface area contributed by atoms with Crippen molar-refractivity contribution in [1.29, 1.82) is 0 Å². The number of hydrogen-bond acceptors (Lipinski definition) is 8. The van der Waals surface area contributed by atoms with Gasteiger partial charge in [-0.2, -0.15) is 0 Å². The van der Waals surface area contributed by atoms with E-state index >= 15 is 0 Å². The molecule has 2 amide bonds. The normalized spacial score (nSPS) is 20.0. The molecule has 2 atom stereocenters. The minimum atomic E-state index is -3.83. The topological polar surface area (TPSA) is 151 Å². The number of nitrogens with zero attached hydrogens (tertiary/aromatic N) is 4. The molecule has 2 N–H and O–H groups in total. The molecule has 7 rings (SSSR count). The Morgan fingerprint density at radius 3 is 1.51 bits per heavy atom. The van der Waals surface area contributed by atoms with E-state index in [0.29, 0.717) is 58.4 Å². The van der Waals surface area contributed by atoms with Gasteiger partial charge >= 0.3 is 12.2 Å². The maximum absolute atomic E-state index is 14.0. The number of H-pyrrole nitrogens is 2. The number of carbonyl (C=O) groups excluding carboxylic acids is 2. The van der Waals surface area contributed by atoms with Crippen molar-refractivity contribution in [3.63, 3.8) is 0 Å². The molecule has 0 spiro atoms. The zero-order chi connectivity index (χ0) is 34.9. The Labute approximate surface area is 286 Å². The van der Waals surface area contributed by atoms with E-state index < -0.39 is 21.0 Å². The molecule has 4 aromatic rings. The number of amides is 2. The molecule has 0 aliphatic carbocycles. The number of fused-ring (bicyclic) bond motifs is 3. The number of rotatable bonds is 4. The van der Waals surface area contributed by atoms with Gasteiger partial charge in [-0.05, 0) is 79.4 Å². The van der Waals surface area contributed by atoms with E-state index in [1.54, 1.807) is 34.3 Å². The molecular weight excluding hydrogens is 644 g/mol. The minimum Gasteiger partial charge on any atom is -0.444 e. The highest BCUT2D eigenvalue weighted by Crippen LogP contribution is 2.46. The van der Waals surface area contributed by atoms with E-state index in [1.807, 2.05) is 65.8 Å². The molecule has 13 heteroatoms. The van der Waals surface area contributed by atoms with Gasteiger partial charge in [0.15, 0.2) is 0 Å². The first-order valence-corrected chi connectivity index (χ1v) is 18.2. The maximum atomic E-state index is 14.0. The van der Waals surface area contributed by atoms with Crippen molar-refractivity contribution in [3.05, 3.63) is 60.4 Å². The standard InChI is InChI=1S/C36H42N6O6S/c1-35(2,3)47-33(43)41-15-7-9-27(41)31-37-19-25(39-31)21-11-13-23-24-14-12-22(18-30(24)49(45,46)29(23)17-21)26-20-38-32(40-26)28-10-8-16-42(28)34(44)48-36(4,5)6/h11-14,17-20,27-28H,7-10,15-16H2,1-6H3,(H,37,39)(H,38,40)/t27-,28+. The van der Waals surface area contributed by atoms with Crippen LogP contribution in [-0.2, 0) is 19.3 Å². The van der Waals surface area contributed by atoms with Gasteiger partial charge in [0.05, 0.1) is 45.7 Å². The summed E-state index contributed by atoms with van der Waals surface area (Å²) in [6.45, 7) is 12.2. The van der Waals surface area contributed by atoms with Crippen molar-refractivity contribution in [2.24, 2.45) is 0 Å². The Morgan fingerprint density at radius 1 is 0.714 bits per heavy atom. The summed E-state index contributed by atoms with van der Waals surface area (Å²) in [6.07, 6.45) is 5.79. The summed E-state index contributed by atoms with van der Waals surface area (Å²) in [6, 6.07) is 10.3. The van der Waals surface area contributed by atoms with Crippen LogP contribution < -0.4 is 0 Å². The number of likely N-dealkylation sites (tertiary alicyclic amines) is 2. The van der Waals surface area contributed by atoms with Crippen molar-refractivity contribution >= 4 is 22.0 Å². The third-order valence-corrected chi connectivity index (χ3v) is 10.9. The Kier molecular flexibility index (Phi) is 7.88. The summed E-state index contributed by atoms with van der Waals surface area (Å²) in [5.74, 6) is 1.28. The zero-order valence-corrected chi connectivity index (χ0v) is 29.5. The van der Waals surface area contributed by atoms with Gasteiger partial charge in [-0.3, -0.25) is 9.80 Å². The molecule has 0 radical (unpaired) electrons. The molecule has 5 heterocycles. The summed E-state index contributed by atoms with van der Waals surface area (Å²) in [5, 5.41) is 0. The highest BCUT2D eigenvalue weighted by Gasteiger charge is 2.37. The number of hydrogen-bond donors (Lipinski definition) is 2. The van der Waals surface area contributed by atoms with E-state index in [2.05, 4.69) is 19.9 Å². The van der Waals surface area contributed by atoms with Crippen LogP contribution in [0.25, 0.3) is 33.6 Å². The molecule has 2 aromatic carbocycles. The van der Waals surface area contributed by atoms with Crippen molar-refractivity contribution in [1.82, 2.24) is 29.7 Å². The molecule has 12 nitrogen and oxygen atoms in total.